The predicted octanol–water partition coefficient (Wildman–Crippen LogP) is 0.559. The Labute approximate surface area is 38.5 Å². The molecule has 1 nitrogen and oxygen atoms in total. The summed E-state index contributed by atoms with van der Waals surface area (Å²) in [6.45, 7) is 0.862. The van der Waals surface area contributed by atoms with Crippen LogP contribution in [-0.2, 0) is 0 Å². The number of hydrogen-bond acceptors (Lipinski definition) is 1. The van der Waals surface area contributed by atoms with Gasteiger partial charge in [-0.1, -0.05) is 0 Å². The second kappa shape index (κ2) is 1.61. The van der Waals surface area contributed by atoms with Crippen molar-refractivity contribution < 1.29 is 0 Å². The van der Waals surface area contributed by atoms with E-state index in [-0.39, 0.29) is 0 Å². The maximum Gasteiger partial charge on any atom is -0.00745 e. The van der Waals surface area contributed by atoms with Gasteiger partial charge in [0.15, 0.2) is 0 Å². The van der Waals surface area contributed by atoms with Crippen LogP contribution in [-0.4, -0.2) is 6.54 Å². The summed E-state index contributed by atoms with van der Waals surface area (Å²) in [5.74, 6) is 0.898. The minimum atomic E-state index is 0.862. The van der Waals surface area contributed by atoms with E-state index in [0.29, 0.717) is 0 Å². The molecule has 1 rings (SSSR count). The molecule has 0 bridgehead atoms. The van der Waals surface area contributed by atoms with Crippen LogP contribution in [0.15, 0.2) is 0 Å². The molecule has 2 N–H and O–H groups in total. The second-order valence-corrected chi connectivity index (χ2v) is 1.81. The molecule has 1 aliphatic rings. The van der Waals surface area contributed by atoms with E-state index >= 15 is 0 Å². The summed E-state index contributed by atoms with van der Waals surface area (Å²) in [5.41, 5.74) is 5.25. The molecule has 1 saturated carbocycles. The van der Waals surface area contributed by atoms with Gasteiger partial charge in [-0.25, -0.2) is 0 Å². The lowest BCUT2D eigenvalue weighted by atomic mass is 10.3. The summed E-state index contributed by atoms with van der Waals surface area (Å²) < 4.78 is 0. The summed E-state index contributed by atoms with van der Waals surface area (Å²) in [7, 11) is 0. The van der Waals surface area contributed by atoms with Crippen molar-refractivity contribution in [3.63, 3.8) is 0 Å². The van der Waals surface area contributed by atoms with Crippen LogP contribution in [0.1, 0.15) is 12.8 Å². The highest BCUT2D eigenvalue weighted by Crippen LogP contribution is 2.29. The van der Waals surface area contributed by atoms with Crippen LogP contribution in [0.3, 0.4) is 0 Å². The topological polar surface area (TPSA) is 26.0 Å². The van der Waals surface area contributed by atoms with Crippen LogP contribution in [0, 0.1) is 12.3 Å². The Hall–Kier alpha value is -0.0400. The van der Waals surface area contributed by atoms with Crippen LogP contribution in [0.5, 0.6) is 0 Å². The zero-order valence-corrected chi connectivity index (χ0v) is 3.85. The molecule has 35 valence electrons. The van der Waals surface area contributed by atoms with E-state index in [1.807, 2.05) is 0 Å². The Morgan fingerprint density at radius 2 is 2.50 bits per heavy atom. The molecule has 0 heterocycles. The van der Waals surface area contributed by atoms with Crippen molar-refractivity contribution in [2.24, 2.45) is 11.7 Å². The molecule has 1 heteroatoms. The van der Waals surface area contributed by atoms with Crippen LogP contribution < -0.4 is 5.73 Å². The molecule has 0 spiro atoms. The number of hydrogen-bond donors (Lipinski definition) is 1. The summed E-state index contributed by atoms with van der Waals surface area (Å²) in [6.07, 6.45) is 4.82. The van der Waals surface area contributed by atoms with Crippen molar-refractivity contribution in [2.45, 2.75) is 12.8 Å². The number of nitrogens with two attached hydrogens (primary N) is 1. The third-order valence-corrected chi connectivity index (χ3v) is 1.11. The minimum Gasteiger partial charge on any atom is -0.330 e. The lowest BCUT2D eigenvalue weighted by molar-refractivity contribution is 0.759. The van der Waals surface area contributed by atoms with E-state index in [9.17, 15) is 0 Å². The largest absolute Gasteiger partial charge is 0.330 e. The van der Waals surface area contributed by atoms with Gasteiger partial charge in [-0.2, -0.15) is 0 Å². The van der Waals surface area contributed by atoms with Gasteiger partial charge in [0, 0.05) is 0 Å². The monoisotopic (exact) mass is 84.1 g/mol. The summed E-state index contributed by atoms with van der Waals surface area (Å²) >= 11 is 0. The maximum atomic E-state index is 5.25. The fourth-order valence-corrected chi connectivity index (χ4v) is 0.546. The van der Waals surface area contributed by atoms with E-state index < -0.39 is 0 Å². The highest BCUT2D eigenvalue weighted by molar-refractivity contribution is 4.94. The van der Waals surface area contributed by atoms with Crippen LogP contribution in [0.4, 0.5) is 0 Å². The van der Waals surface area contributed by atoms with Gasteiger partial charge >= 0.3 is 0 Å². The van der Waals surface area contributed by atoms with Crippen molar-refractivity contribution >= 4 is 0 Å². The van der Waals surface area contributed by atoms with Crippen molar-refractivity contribution in [1.82, 2.24) is 0 Å². The molecule has 1 aliphatic carbocycles. The van der Waals surface area contributed by atoms with Gasteiger partial charge in [-0.15, -0.1) is 0 Å². The van der Waals surface area contributed by atoms with E-state index in [2.05, 4.69) is 6.42 Å². The van der Waals surface area contributed by atoms with Gasteiger partial charge in [0.25, 0.3) is 0 Å². The maximum absolute atomic E-state index is 5.25. The van der Waals surface area contributed by atoms with Crippen molar-refractivity contribution in [3.8, 4) is 0 Å². The molecule has 1 atom stereocenters. The third kappa shape index (κ3) is 0.977. The average molecular weight is 84.1 g/mol. The first-order valence-electron chi connectivity index (χ1n) is 2.47. The third-order valence-electron chi connectivity index (χ3n) is 1.11. The number of rotatable bonds is 2. The first kappa shape index (κ1) is 4.13. The van der Waals surface area contributed by atoms with Crippen LogP contribution in [0.2, 0.25) is 0 Å². The fraction of sp³-hybridized carbons (Fsp3) is 0.800. The molecule has 0 saturated heterocycles. The summed E-state index contributed by atoms with van der Waals surface area (Å²) in [4.78, 5) is 0. The lowest BCUT2D eigenvalue weighted by Crippen LogP contribution is -1.98. The van der Waals surface area contributed by atoms with Crippen molar-refractivity contribution in [2.75, 3.05) is 6.54 Å². The Morgan fingerprint density at radius 1 is 1.83 bits per heavy atom. The Kier molecular flexibility index (Phi) is 1.10. The quantitative estimate of drug-likeness (QED) is 0.519. The van der Waals surface area contributed by atoms with E-state index in [1.54, 1.807) is 0 Å². The van der Waals surface area contributed by atoms with E-state index in [4.69, 9.17) is 5.73 Å². The molecule has 0 aromatic rings. The van der Waals surface area contributed by atoms with Gasteiger partial charge in [-0.05, 0) is 31.7 Å². The standard InChI is InChI=1S/C5H10N/c6-4-3-5-1-2-5/h1,5H,2-4,6H2. The molecule has 0 aromatic heterocycles. The predicted molar refractivity (Wildman–Crippen MR) is 26.1 cm³/mol. The first-order chi connectivity index (χ1) is 2.93. The van der Waals surface area contributed by atoms with E-state index in [0.717, 1.165) is 12.5 Å². The molecular weight excluding hydrogens is 74.1 g/mol. The molecule has 0 aliphatic heterocycles. The molecule has 1 radical (unpaired) electrons. The van der Waals surface area contributed by atoms with Gasteiger partial charge < -0.3 is 5.73 Å². The Balaban J connectivity index is 1.88. The van der Waals surface area contributed by atoms with Gasteiger partial charge in [0.2, 0.25) is 0 Å². The molecule has 1 fully saturated rings. The zero-order valence-electron chi connectivity index (χ0n) is 3.85. The molecule has 0 aromatic carbocycles. The first-order valence-corrected chi connectivity index (χ1v) is 2.47. The van der Waals surface area contributed by atoms with Gasteiger partial charge in [-0.3, -0.25) is 0 Å². The lowest BCUT2D eigenvalue weighted by Gasteiger charge is -1.83. The van der Waals surface area contributed by atoms with Crippen LogP contribution in [0.25, 0.3) is 0 Å². The Morgan fingerprint density at radius 3 is 2.67 bits per heavy atom. The molecule has 1 unspecified atom stereocenters. The molecule has 6 heavy (non-hydrogen) atoms. The summed E-state index contributed by atoms with van der Waals surface area (Å²) in [6, 6.07) is 0. The highest BCUT2D eigenvalue weighted by Gasteiger charge is 2.19. The molecular formula is C5H10N. The van der Waals surface area contributed by atoms with Crippen molar-refractivity contribution in [1.29, 1.82) is 0 Å². The van der Waals surface area contributed by atoms with Crippen LogP contribution >= 0.6 is 0 Å². The molecule has 0 amide bonds. The summed E-state index contributed by atoms with van der Waals surface area (Å²) in [5, 5.41) is 0. The normalized spacial score (nSPS) is 21.5. The highest BCUT2D eigenvalue weighted by atomic mass is 14.5. The fourth-order valence-electron chi connectivity index (χ4n) is 0.546. The smallest absolute Gasteiger partial charge is 0.00745 e. The average Bonchev–Trinajstić information content (AvgIpc) is 2.21. The minimum absolute atomic E-state index is 0.862. The van der Waals surface area contributed by atoms with Crippen molar-refractivity contribution in [3.05, 3.63) is 6.42 Å². The zero-order chi connectivity index (χ0) is 4.41. The van der Waals surface area contributed by atoms with Gasteiger partial charge in [0.1, 0.15) is 0 Å². The SMILES string of the molecule is NCCC1[CH]C1. The second-order valence-electron chi connectivity index (χ2n) is 1.81. The van der Waals surface area contributed by atoms with Gasteiger partial charge in [0.05, 0.1) is 0 Å². The van der Waals surface area contributed by atoms with E-state index in [1.165, 1.54) is 12.8 Å². The Bertz CT molecular complexity index is 39.2.